The van der Waals surface area contributed by atoms with E-state index in [4.69, 9.17) is 17.3 Å². The molecule has 8 nitrogen and oxygen atoms in total. The van der Waals surface area contributed by atoms with E-state index in [1.165, 1.54) is 11.2 Å². The topological polar surface area (TPSA) is 121 Å². The van der Waals surface area contributed by atoms with Crippen molar-refractivity contribution in [1.82, 2.24) is 15.3 Å². The van der Waals surface area contributed by atoms with E-state index in [2.05, 4.69) is 15.3 Å². The van der Waals surface area contributed by atoms with Crippen LogP contribution in [-0.2, 0) is 4.79 Å². The van der Waals surface area contributed by atoms with Crippen LogP contribution in [0.5, 0.6) is 0 Å². The molecule has 1 heterocycles. The predicted octanol–water partition coefficient (Wildman–Crippen LogP) is 3.95. The van der Waals surface area contributed by atoms with Gasteiger partial charge in [0, 0.05) is 24.6 Å². The van der Waals surface area contributed by atoms with E-state index >= 15 is 0 Å². The largest absolute Gasteiger partial charge is 0.364 e. The Kier molecular flexibility index (Phi) is 8.60. The Balaban J connectivity index is 0.000000202. The standard InChI is InChI=1S/C15H18ClF2NO.C8H10N4O2/c1-2-19(15(20)10-6-4-3-5-7-10)14-9-13(18)12(17)8-11(14)16;9-7(13)5-6(11-3-10-5)8(14)12-4-1-2-4/h8-10H,2-7H2,1H3;3-4H,1-2H2,(H2,9,13)(H,10,11)(H,12,14). The summed E-state index contributed by atoms with van der Waals surface area (Å²) in [5.74, 6) is -3.09. The molecule has 0 saturated heterocycles. The van der Waals surface area contributed by atoms with Gasteiger partial charge >= 0.3 is 0 Å². The van der Waals surface area contributed by atoms with E-state index in [1.807, 2.05) is 0 Å². The fraction of sp³-hybridized carbons (Fsp3) is 0.478. The lowest BCUT2D eigenvalue weighted by Gasteiger charge is -2.29. The lowest BCUT2D eigenvalue weighted by Crippen LogP contribution is -2.37. The zero-order chi connectivity index (χ0) is 24.8. The molecule has 0 spiro atoms. The van der Waals surface area contributed by atoms with Gasteiger partial charge in [0.1, 0.15) is 5.69 Å². The molecule has 0 unspecified atom stereocenters. The van der Waals surface area contributed by atoms with Crippen LogP contribution in [0, 0.1) is 17.6 Å². The van der Waals surface area contributed by atoms with Crippen molar-refractivity contribution in [1.29, 1.82) is 0 Å². The Bertz CT molecular complexity index is 1050. The zero-order valence-corrected chi connectivity index (χ0v) is 19.6. The van der Waals surface area contributed by atoms with Crippen LogP contribution in [0.4, 0.5) is 14.5 Å². The number of primary amides is 1. The molecular weight excluding hydrogens is 468 g/mol. The second kappa shape index (κ2) is 11.4. The Morgan fingerprint density at radius 3 is 2.38 bits per heavy atom. The molecule has 1 aromatic carbocycles. The van der Waals surface area contributed by atoms with Gasteiger partial charge in [0.2, 0.25) is 5.91 Å². The number of rotatable bonds is 6. The molecule has 11 heteroatoms. The van der Waals surface area contributed by atoms with Crippen LogP contribution in [0.25, 0.3) is 0 Å². The van der Waals surface area contributed by atoms with Gasteiger partial charge in [-0.2, -0.15) is 0 Å². The second-order valence-corrected chi connectivity index (χ2v) is 8.78. The zero-order valence-electron chi connectivity index (χ0n) is 18.9. The van der Waals surface area contributed by atoms with Gasteiger partial charge in [0.25, 0.3) is 11.8 Å². The van der Waals surface area contributed by atoms with Crippen LogP contribution in [0.2, 0.25) is 5.02 Å². The summed E-state index contributed by atoms with van der Waals surface area (Å²) in [7, 11) is 0. The van der Waals surface area contributed by atoms with Gasteiger partial charge in [-0.15, -0.1) is 0 Å². The first-order chi connectivity index (χ1) is 16.2. The number of imidazole rings is 1. The van der Waals surface area contributed by atoms with Crippen molar-refractivity contribution in [3.8, 4) is 0 Å². The summed E-state index contributed by atoms with van der Waals surface area (Å²) in [6, 6.07) is 2.16. The quantitative estimate of drug-likeness (QED) is 0.525. The first kappa shape index (κ1) is 25.6. The first-order valence-electron chi connectivity index (χ1n) is 11.3. The van der Waals surface area contributed by atoms with Crippen LogP contribution < -0.4 is 16.0 Å². The highest BCUT2D eigenvalue weighted by atomic mass is 35.5. The minimum absolute atomic E-state index is 0.0110. The van der Waals surface area contributed by atoms with E-state index in [-0.39, 0.29) is 45.9 Å². The summed E-state index contributed by atoms with van der Waals surface area (Å²) >= 11 is 5.96. The number of carbonyl (C=O) groups excluding carboxylic acids is 3. The summed E-state index contributed by atoms with van der Waals surface area (Å²) in [4.78, 5) is 42.6. The maximum Gasteiger partial charge on any atom is 0.270 e. The lowest BCUT2D eigenvalue weighted by atomic mass is 9.88. The molecule has 2 aliphatic rings. The number of nitrogens with one attached hydrogen (secondary N) is 2. The summed E-state index contributed by atoms with van der Waals surface area (Å²) in [6.07, 6.45) is 8.22. The summed E-state index contributed by atoms with van der Waals surface area (Å²) in [5, 5.41) is 2.80. The molecule has 34 heavy (non-hydrogen) atoms. The van der Waals surface area contributed by atoms with Crippen molar-refractivity contribution >= 4 is 35.0 Å². The molecule has 0 radical (unpaired) electrons. The van der Waals surface area contributed by atoms with Crippen LogP contribution in [0.15, 0.2) is 18.5 Å². The minimum atomic E-state index is -1.00. The first-order valence-corrected chi connectivity index (χ1v) is 11.7. The van der Waals surface area contributed by atoms with Crippen LogP contribution in [0.3, 0.4) is 0 Å². The Morgan fingerprint density at radius 1 is 1.15 bits per heavy atom. The highest BCUT2D eigenvalue weighted by Gasteiger charge is 2.28. The second-order valence-electron chi connectivity index (χ2n) is 8.37. The maximum absolute atomic E-state index is 13.4. The van der Waals surface area contributed by atoms with E-state index in [0.29, 0.717) is 6.54 Å². The maximum atomic E-state index is 13.4. The number of carbonyl (C=O) groups is 3. The van der Waals surface area contributed by atoms with E-state index in [9.17, 15) is 23.2 Å². The smallest absolute Gasteiger partial charge is 0.270 e. The van der Waals surface area contributed by atoms with Gasteiger partial charge in [-0.25, -0.2) is 13.8 Å². The van der Waals surface area contributed by atoms with Crippen LogP contribution in [-0.4, -0.2) is 40.3 Å². The lowest BCUT2D eigenvalue weighted by molar-refractivity contribution is -0.123. The normalized spacial score (nSPS) is 15.8. The van der Waals surface area contributed by atoms with Gasteiger partial charge in [-0.05, 0) is 38.7 Å². The van der Waals surface area contributed by atoms with E-state index < -0.39 is 17.5 Å². The molecule has 0 atom stereocenters. The van der Waals surface area contributed by atoms with Crippen molar-refractivity contribution in [3.63, 3.8) is 0 Å². The van der Waals surface area contributed by atoms with Gasteiger partial charge in [0.05, 0.1) is 17.0 Å². The number of hydrogen-bond donors (Lipinski definition) is 3. The number of aromatic amines is 1. The Morgan fingerprint density at radius 2 is 1.79 bits per heavy atom. The monoisotopic (exact) mass is 495 g/mol. The van der Waals surface area contributed by atoms with Crippen molar-refractivity contribution in [3.05, 3.63) is 46.5 Å². The predicted molar refractivity (Wildman–Crippen MR) is 124 cm³/mol. The van der Waals surface area contributed by atoms with Gasteiger partial charge in [-0.3, -0.25) is 14.4 Å². The molecule has 3 amide bonds. The molecule has 184 valence electrons. The molecule has 4 N–H and O–H groups in total. The number of H-pyrrole nitrogens is 1. The minimum Gasteiger partial charge on any atom is -0.364 e. The van der Waals surface area contributed by atoms with Gasteiger partial charge in [0.15, 0.2) is 17.3 Å². The molecule has 1 aromatic heterocycles. The molecule has 4 rings (SSSR count). The third-order valence-corrected chi connectivity index (χ3v) is 6.13. The number of anilines is 1. The highest BCUT2D eigenvalue weighted by molar-refractivity contribution is 6.33. The number of aromatic nitrogens is 2. The number of nitrogens with zero attached hydrogens (tertiary/aromatic N) is 2. The van der Waals surface area contributed by atoms with Gasteiger partial charge in [-0.1, -0.05) is 30.9 Å². The van der Waals surface area contributed by atoms with Crippen LogP contribution in [0.1, 0.15) is 72.8 Å². The fourth-order valence-electron chi connectivity index (χ4n) is 3.87. The number of nitrogens with two attached hydrogens (primary N) is 1. The van der Waals surface area contributed by atoms with Gasteiger partial charge < -0.3 is 20.9 Å². The highest BCUT2D eigenvalue weighted by Crippen LogP contribution is 2.32. The van der Waals surface area contributed by atoms with Crippen molar-refractivity contribution in [2.24, 2.45) is 11.7 Å². The molecule has 0 aliphatic heterocycles. The molecule has 2 fully saturated rings. The molecule has 2 aromatic rings. The third-order valence-electron chi connectivity index (χ3n) is 5.83. The Hall–Kier alpha value is -3.01. The van der Waals surface area contributed by atoms with Crippen molar-refractivity contribution in [2.75, 3.05) is 11.4 Å². The molecular formula is C23H28ClF2N5O3. The van der Waals surface area contributed by atoms with E-state index in [1.54, 1.807) is 6.92 Å². The number of benzene rings is 1. The SMILES string of the molecule is CCN(C(=O)C1CCCCC1)c1cc(F)c(F)cc1Cl.NC(=O)c1nc[nH]c1C(=O)NC1CC1. The molecule has 2 saturated carbocycles. The molecule has 2 aliphatic carbocycles. The van der Waals surface area contributed by atoms with Crippen molar-refractivity contribution in [2.45, 2.75) is 57.9 Å². The average Bonchev–Trinajstić information content (AvgIpc) is 3.48. The van der Waals surface area contributed by atoms with Crippen LogP contribution >= 0.6 is 11.6 Å². The van der Waals surface area contributed by atoms with Crippen molar-refractivity contribution < 1.29 is 23.2 Å². The number of halogens is 3. The number of hydrogen-bond acceptors (Lipinski definition) is 4. The summed E-state index contributed by atoms with van der Waals surface area (Å²) < 4.78 is 26.5. The summed E-state index contributed by atoms with van der Waals surface area (Å²) in [6.45, 7) is 2.19. The fourth-order valence-corrected chi connectivity index (χ4v) is 4.13. The summed E-state index contributed by atoms with van der Waals surface area (Å²) in [5.41, 5.74) is 5.43. The molecule has 0 bridgehead atoms. The third kappa shape index (κ3) is 6.31. The average molecular weight is 496 g/mol. The Labute approximate surface area is 201 Å². The van der Waals surface area contributed by atoms with E-state index in [0.717, 1.165) is 57.1 Å². The number of amides is 3.